The fraction of sp³-hybridized carbons (Fsp3) is 0.800. The van der Waals surface area contributed by atoms with Crippen LogP contribution >= 0.6 is 15.9 Å². The zero-order valence-electron chi connectivity index (χ0n) is 8.83. The van der Waals surface area contributed by atoms with Gasteiger partial charge in [-0.1, -0.05) is 28.1 Å². The number of halogens is 1. The van der Waals surface area contributed by atoms with Crippen LogP contribution in [0.15, 0.2) is 12.2 Å². The van der Waals surface area contributed by atoms with Crippen molar-refractivity contribution in [1.82, 2.24) is 0 Å². The molecule has 0 heterocycles. The maximum absolute atomic E-state index is 9.51. The molecule has 0 fully saturated rings. The molecule has 2 atom stereocenters. The third kappa shape index (κ3) is 6.54. The number of aliphatic hydroxyl groups excluding tert-OH is 1. The van der Waals surface area contributed by atoms with Crippen molar-refractivity contribution in [3.63, 3.8) is 0 Å². The minimum absolute atomic E-state index is 0.365. The van der Waals surface area contributed by atoms with Crippen molar-refractivity contribution in [2.24, 2.45) is 5.92 Å². The van der Waals surface area contributed by atoms with Gasteiger partial charge in [-0.3, -0.25) is 0 Å². The SMILES string of the molecule is C=C(C)C(O)CCC(CBr)COOC. The van der Waals surface area contributed by atoms with E-state index in [-0.39, 0.29) is 0 Å². The molecule has 0 aliphatic rings. The Morgan fingerprint density at radius 3 is 2.57 bits per heavy atom. The molecule has 1 N–H and O–H groups in total. The van der Waals surface area contributed by atoms with Crippen molar-refractivity contribution in [3.05, 3.63) is 12.2 Å². The van der Waals surface area contributed by atoms with Gasteiger partial charge in [0.1, 0.15) is 0 Å². The topological polar surface area (TPSA) is 38.7 Å². The van der Waals surface area contributed by atoms with E-state index in [4.69, 9.17) is 4.89 Å². The Hall–Kier alpha value is 0.100. The Kier molecular flexibility index (Phi) is 8.47. The zero-order chi connectivity index (χ0) is 11.0. The number of hydrogen-bond donors (Lipinski definition) is 1. The Morgan fingerprint density at radius 2 is 2.14 bits per heavy atom. The summed E-state index contributed by atoms with van der Waals surface area (Å²) in [5.41, 5.74) is 0.811. The summed E-state index contributed by atoms with van der Waals surface area (Å²) >= 11 is 3.39. The fourth-order valence-electron chi connectivity index (χ4n) is 1.01. The van der Waals surface area contributed by atoms with Crippen LogP contribution in [0.1, 0.15) is 19.8 Å². The Morgan fingerprint density at radius 1 is 1.50 bits per heavy atom. The van der Waals surface area contributed by atoms with Crippen molar-refractivity contribution in [2.45, 2.75) is 25.9 Å². The second kappa shape index (κ2) is 8.41. The summed E-state index contributed by atoms with van der Waals surface area (Å²) in [6, 6.07) is 0. The maximum atomic E-state index is 9.51. The van der Waals surface area contributed by atoms with Gasteiger partial charge in [0.15, 0.2) is 0 Å². The van der Waals surface area contributed by atoms with Crippen LogP contribution in [-0.2, 0) is 9.78 Å². The highest BCUT2D eigenvalue weighted by Gasteiger charge is 2.11. The van der Waals surface area contributed by atoms with E-state index < -0.39 is 6.10 Å². The molecule has 0 saturated heterocycles. The first kappa shape index (κ1) is 14.1. The molecule has 0 aromatic rings. The number of aliphatic hydroxyl groups is 1. The molecule has 0 aliphatic carbocycles. The quantitative estimate of drug-likeness (QED) is 0.317. The number of hydrogen-bond acceptors (Lipinski definition) is 3. The van der Waals surface area contributed by atoms with E-state index in [2.05, 4.69) is 27.4 Å². The molecule has 2 unspecified atom stereocenters. The van der Waals surface area contributed by atoms with Gasteiger partial charge in [0.2, 0.25) is 0 Å². The van der Waals surface area contributed by atoms with Gasteiger partial charge < -0.3 is 5.11 Å². The van der Waals surface area contributed by atoms with Crippen molar-refractivity contribution in [3.8, 4) is 0 Å². The van der Waals surface area contributed by atoms with Gasteiger partial charge in [0, 0.05) is 5.33 Å². The predicted octanol–water partition coefficient (Wildman–Crippen LogP) is 2.29. The van der Waals surface area contributed by atoms with E-state index in [1.54, 1.807) is 0 Å². The van der Waals surface area contributed by atoms with Gasteiger partial charge in [-0.05, 0) is 25.7 Å². The lowest BCUT2D eigenvalue weighted by Crippen LogP contribution is -2.15. The smallest absolute Gasteiger partial charge is 0.0858 e. The minimum Gasteiger partial charge on any atom is -0.389 e. The summed E-state index contributed by atoms with van der Waals surface area (Å²) in [5, 5.41) is 10.4. The van der Waals surface area contributed by atoms with E-state index in [0.717, 1.165) is 23.7 Å². The van der Waals surface area contributed by atoms with E-state index in [0.29, 0.717) is 12.5 Å². The molecule has 0 spiro atoms. The molecule has 0 aromatic heterocycles. The van der Waals surface area contributed by atoms with Gasteiger partial charge in [-0.15, -0.1) is 0 Å². The van der Waals surface area contributed by atoms with Gasteiger partial charge in [0.05, 0.1) is 19.8 Å². The molecule has 14 heavy (non-hydrogen) atoms. The molecule has 84 valence electrons. The molecule has 0 aromatic carbocycles. The van der Waals surface area contributed by atoms with Crippen molar-refractivity contribution in [2.75, 3.05) is 19.0 Å². The molecular weight excluding hydrogens is 248 g/mol. The monoisotopic (exact) mass is 266 g/mol. The van der Waals surface area contributed by atoms with Crippen LogP contribution in [0.25, 0.3) is 0 Å². The third-order valence-corrected chi connectivity index (χ3v) is 2.97. The summed E-state index contributed by atoms with van der Waals surface area (Å²) in [6.45, 7) is 6.08. The Labute approximate surface area is 94.2 Å². The van der Waals surface area contributed by atoms with Crippen LogP contribution in [0.4, 0.5) is 0 Å². The summed E-state index contributed by atoms with van der Waals surface area (Å²) in [7, 11) is 1.49. The molecule has 4 heteroatoms. The Balaban J connectivity index is 3.66. The average Bonchev–Trinajstić information content (AvgIpc) is 2.17. The van der Waals surface area contributed by atoms with Crippen molar-refractivity contribution >= 4 is 15.9 Å². The van der Waals surface area contributed by atoms with Crippen LogP contribution < -0.4 is 0 Å². The molecule has 0 saturated carbocycles. The van der Waals surface area contributed by atoms with E-state index >= 15 is 0 Å². The van der Waals surface area contributed by atoms with E-state index in [1.165, 1.54) is 7.11 Å². The highest BCUT2D eigenvalue weighted by atomic mass is 79.9. The number of rotatable bonds is 8. The van der Waals surface area contributed by atoms with Crippen LogP contribution in [0.3, 0.4) is 0 Å². The summed E-state index contributed by atoms with van der Waals surface area (Å²) < 4.78 is 0. The van der Waals surface area contributed by atoms with Gasteiger partial charge in [-0.25, -0.2) is 9.78 Å². The minimum atomic E-state index is -0.404. The maximum Gasteiger partial charge on any atom is 0.0858 e. The average molecular weight is 267 g/mol. The van der Waals surface area contributed by atoms with E-state index in [9.17, 15) is 5.11 Å². The first-order valence-electron chi connectivity index (χ1n) is 4.66. The van der Waals surface area contributed by atoms with Crippen LogP contribution in [0.5, 0.6) is 0 Å². The molecule has 0 radical (unpaired) electrons. The molecular formula is C10H19BrO3. The van der Waals surface area contributed by atoms with Crippen LogP contribution in [0, 0.1) is 5.92 Å². The molecule has 3 nitrogen and oxygen atoms in total. The molecule has 0 rings (SSSR count). The lowest BCUT2D eigenvalue weighted by molar-refractivity contribution is -0.279. The molecule has 0 bridgehead atoms. The summed E-state index contributed by atoms with van der Waals surface area (Å²) in [6.07, 6.45) is 1.21. The van der Waals surface area contributed by atoms with Gasteiger partial charge in [0.25, 0.3) is 0 Å². The largest absolute Gasteiger partial charge is 0.389 e. The second-order valence-corrected chi connectivity index (χ2v) is 4.06. The molecule has 0 amide bonds. The highest BCUT2D eigenvalue weighted by molar-refractivity contribution is 9.09. The van der Waals surface area contributed by atoms with Crippen molar-refractivity contribution in [1.29, 1.82) is 0 Å². The standard InChI is InChI=1S/C10H19BrO3/c1-8(2)10(12)5-4-9(6-11)7-14-13-3/h9-10,12H,1,4-7H2,2-3H3. The van der Waals surface area contributed by atoms with Crippen LogP contribution in [-0.4, -0.2) is 30.3 Å². The predicted molar refractivity (Wildman–Crippen MR) is 60.3 cm³/mol. The lowest BCUT2D eigenvalue weighted by atomic mass is 10.0. The lowest BCUT2D eigenvalue weighted by Gasteiger charge is -2.15. The van der Waals surface area contributed by atoms with E-state index in [1.807, 2.05) is 6.92 Å². The highest BCUT2D eigenvalue weighted by Crippen LogP contribution is 2.15. The summed E-state index contributed by atoms with van der Waals surface area (Å²) in [4.78, 5) is 9.37. The second-order valence-electron chi connectivity index (χ2n) is 3.41. The zero-order valence-corrected chi connectivity index (χ0v) is 10.4. The van der Waals surface area contributed by atoms with Crippen molar-refractivity contribution < 1.29 is 14.9 Å². The van der Waals surface area contributed by atoms with Crippen LogP contribution in [0.2, 0.25) is 0 Å². The Bertz CT molecular complexity index is 161. The first-order valence-corrected chi connectivity index (χ1v) is 5.79. The third-order valence-electron chi connectivity index (χ3n) is 2.06. The summed E-state index contributed by atoms with van der Waals surface area (Å²) in [5.74, 6) is 0.365. The van der Waals surface area contributed by atoms with Gasteiger partial charge >= 0.3 is 0 Å². The first-order chi connectivity index (χ1) is 6.61. The van der Waals surface area contributed by atoms with Gasteiger partial charge in [-0.2, -0.15) is 0 Å². The number of alkyl halides is 1. The normalized spacial score (nSPS) is 15.1. The fourth-order valence-corrected chi connectivity index (χ4v) is 1.52. The molecule has 0 aliphatic heterocycles.